The van der Waals surface area contributed by atoms with E-state index in [1.165, 1.54) is 5.39 Å². The molecule has 0 fully saturated rings. The molecule has 3 heterocycles. The molecule has 0 saturated heterocycles. The summed E-state index contributed by atoms with van der Waals surface area (Å²) in [7, 11) is 0. The second-order valence-electron chi connectivity index (χ2n) is 12.1. The molecule has 7 aromatic carbocycles. The number of para-hydroxylation sites is 4. The first kappa shape index (κ1) is 25.9. The zero-order valence-corrected chi connectivity index (χ0v) is 25.1. The van der Waals surface area contributed by atoms with E-state index in [4.69, 9.17) is 8.83 Å². The summed E-state index contributed by atoms with van der Waals surface area (Å²) < 4.78 is 14.3. The third-order valence-corrected chi connectivity index (χ3v) is 9.47. The van der Waals surface area contributed by atoms with Crippen molar-refractivity contribution in [2.45, 2.75) is 0 Å². The van der Waals surface area contributed by atoms with Gasteiger partial charge in [-0.2, -0.15) is 0 Å². The maximum atomic E-state index is 13.0. The van der Waals surface area contributed by atoms with E-state index in [0.29, 0.717) is 11.0 Å². The lowest BCUT2D eigenvalue weighted by Crippen LogP contribution is -2.00. The average Bonchev–Trinajstić information content (AvgIpc) is 3.67. The second-order valence-corrected chi connectivity index (χ2v) is 12.1. The highest BCUT2D eigenvalue weighted by Crippen LogP contribution is 2.38. The summed E-state index contributed by atoms with van der Waals surface area (Å²) >= 11 is 0. The maximum absolute atomic E-state index is 13.0. The van der Waals surface area contributed by atoms with Crippen LogP contribution in [0.3, 0.4) is 0 Å². The Bertz CT molecular complexity index is 2920. The minimum Gasteiger partial charge on any atom is -0.455 e. The number of hydrogen-bond donors (Lipinski definition) is 0. The van der Waals surface area contributed by atoms with Crippen LogP contribution in [0.15, 0.2) is 165 Å². The van der Waals surface area contributed by atoms with Crippen LogP contribution in [0, 0.1) is 0 Å². The van der Waals surface area contributed by atoms with Gasteiger partial charge in [0.1, 0.15) is 16.7 Å². The van der Waals surface area contributed by atoms with Gasteiger partial charge in [0.25, 0.3) is 0 Å². The molecule has 0 bridgehead atoms. The summed E-state index contributed by atoms with van der Waals surface area (Å²) in [5.74, 6) is 0. The van der Waals surface area contributed by atoms with Crippen molar-refractivity contribution in [1.82, 2.24) is 4.57 Å². The van der Waals surface area contributed by atoms with Gasteiger partial charge in [-0.25, -0.2) is 4.79 Å². The molecule has 0 N–H and O–H groups in total. The Hall–Kier alpha value is -6.39. The highest BCUT2D eigenvalue weighted by molar-refractivity contribution is 6.12. The third-order valence-electron chi connectivity index (χ3n) is 9.47. The molecular weight excluding hydrogens is 578 g/mol. The van der Waals surface area contributed by atoms with Crippen LogP contribution in [0.2, 0.25) is 0 Å². The average molecular weight is 604 g/mol. The van der Waals surface area contributed by atoms with E-state index in [2.05, 4.69) is 108 Å². The predicted molar refractivity (Wildman–Crippen MR) is 192 cm³/mol. The van der Waals surface area contributed by atoms with Gasteiger partial charge in [0.05, 0.1) is 16.4 Å². The Balaban J connectivity index is 1.10. The van der Waals surface area contributed by atoms with Crippen LogP contribution < -0.4 is 5.63 Å². The lowest BCUT2D eigenvalue weighted by Gasteiger charge is -2.10. The maximum Gasteiger partial charge on any atom is 0.344 e. The molecule has 0 unspecified atom stereocenters. The topological polar surface area (TPSA) is 48.3 Å². The molecule has 3 aromatic heterocycles. The van der Waals surface area contributed by atoms with Gasteiger partial charge in [-0.3, -0.25) is 0 Å². The van der Waals surface area contributed by atoms with Crippen molar-refractivity contribution < 1.29 is 8.83 Å². The molecule has 0 aliphatic carbocycles. The van der Waals surface area contributed by atoms with Crippen LogP contribution in [-0.2, 0) is 0 Å². The molecular formula is C43H25NO3. The zero-order chi connectivity index (χ0) is 31.1. The Morgan fingerprint density at radius 3 is 1.81 bits per heavy atom. The van der Waals surface area contributed by atoms with Gasteiger partial charge in [0.15, 0.2) is 0 Å². The Morgan fingerprint density at radius 2 is 1.00 bits per heavy atom. The van der Waals surface area contributed by atoms with Crippen molar-refractivity contribution in [2.24, 2.45) is 0 Å². The quantitative estimate of drug-likeness (QED) is 0.149. The van der Waals surface area contributed by atoms with Crippen LogP contribution >= 0.6 is 0 Å². The Kier molecular flexibility index (Phi) is 5.40. The van der Waals surface area contributed by atoms with Crippen molar-refractivity contribution in [1.29, 1.82) is 0 Å². The van der Waals surface area contributed by atoms with E-state index < -0.39 is 0 Å². The molecule has 220 valence electrons. The summed E-state index contributed by atoms with van der Waals surface area (Å²) in [5.41, 5.74) is 9.63. The first-order valence-electron chi connectivity index (χ1n) is 15.7. The van der Waals surface area contributed by atoms with Gasteiger partial charge in [-0.05, 0) is 70.6 Å². The smallest absolute Gasteiger partial charge is 0.344 e. The molecule has 10 aromatic rings. The molecule has 0 aliphatic heterocycles. The number of benzene rings is 7. The van der Waals surface area contributed by atoms with Gasteiger partial charge in [0.2, 0.25) is 0 Å². The third kappa shape index (κ3) is 3.85. The van der Waals surface area contributed by atoms with E-state index in [0.717, 1.165) is 77.1 Å². The van der Waals surface area contributed by atoms with Gasteiger partial charge in [0, 0.05) is 38.2 Å². The van der Waals surface area contributed by atoms with Crippen molar-refractivity contribution in [2.75, 3.05) is 0 Å². The van der Waals surface area contributed by atoms with E-state index in [-0.39, 0.29) is 5.63 Å². The SMILES string of the molecule is O=c1oc2ccccc2c2ccc(-c3ccc4c(c3)c3ccccc3n4-c3ccc(-c4cccc5c4oc4ccccc45)cc3)cc12. The van der Waals surface area contributed by atoms with Gasteiger partial charge < -0.3 is 13.4 Å². The fourth-order valence-electron chi connectivity index (χ4n) is 7.26. The van der Waals surface area contributed by atoms with Crippen molar-refractivity contribution in [3.05, 3.63) is 162 Å². The molecule has 0 saturated carbocycles. The van der Waals surface area contributed by atoms with Crippen molar-refractivity contribution >= 4 is 65.5 Å². The van der Waals surface area contributed by atoms with Crippen LogP contribution in [0.1, 0.15) is 0 Å². The van der Waals surface area contributed by atoms with Crippen LogP contribution in [0.4, 0.5) is 0 Å². The predicted octanol–water partition coefficient (Wildman–Crippen LogP) is 11.3. The molecule has 0 spiro atoms. The fraction of sp³-hybridized carbons (Fsp3) is 0. The minimum absolute atomic E-state index is 0.321. The first-order chi connectivity index (χ1) is 23.2. The van der Waals surface area contributed by atoms with Gasteiger partial charge >= 0.3 is 5.63 Å². The largest absolute Gasteiger partial charge is 0.455 e. The molecule has 4 heteroatoms. The van der Waals surface area contributed by atoms with Crippen LogP contribution in [-0.4, -0.2) is 4.57 Å². The van der Waals surface area contributed by atoms with E-state index in [9.17, 15) is 4.79 Å². The first-order valence-corrected chi connectivity index (χ1v) is 15.7. The molecule has 0 aliphatic rings. The normalized spacial score (nSPS) is 11.9. The number of fused-ring (bicyclic) bond motifs is 9. The van der Waals surface area contributed by atoms with Crippen LogP contribution in [0.5, 0.6) is 0 Å². The zero-order valence-electron chi connectivity index (χ0n) is 25.1. The van der Waals surface area contributed by atoms with Crippen molar-refractivity contribution in [3.8, 4) is 27.9 Å². The highest BCUT2D eigenvalue weighted by Gasteiger charge is 2.16. The second kappa shape index (κ2) is 9.80. The number of hydrogen-bond acceptors (Lipinski definition) is 3. The number of furan rings is 1. The lowest BCUT2D eigenvalue weighted by molar-refractivity contribution is 0.569. The van der Waals surface area contributed by atoms with Gasteiger partial charge in [-0.1, -0.05) is 103 Å². The van der Waals surface area contributed by atoms with E-state index in [1.54, 1.807) is 0 Å². The summed E-state index contributed by atoms with van der Waals surface area (Å²) in [6, 6.07) is 52.1. The summed E-state index contributed by atoms with van der Waals surface area (Å²) in [5, 5.41) is 7.01. The Morgan fingerprint density at radius 1 is 0.404 bits per heavy atom. The van der Waals surface area contributed by atoms with Crippen molar-refractivity contribution in [3.63, 3.8) is 0 Å². The molecule has 10 rings (SSSR count). The monoisotopic (exact) mass is 603 g/mol. The van der Waals surface area contributed by atoms with E-state index in [1.807, 2.05) is 48.5 Å². The molecule has 0 atom stereocenters. The van der Waals surface area contributed by atoms with E-state index >= 15 is 0 Å². The van der Waals surface area contributed by atoms with Gasteiger partial charge in [-0.15, -0.1) is 0 Å². The summed E-state index contributed by atoms with van der Waals surface area (Å²) in [6.45, 7) is 0. The standard InChI is InChI=1S/C43H25NO3/c45-43-37-25-27(18-22-31(37)33-9-2-6-15-41(33)47-43)28-19-23-39-36(24-28)32-8-1-4-13-38(32)44(39)29-20-16-26(17-21-29)30-11-7-12-35-34-10-3-5-14-40(34)46-42(30)35/h1-25H. The summed E-state index contributed by atoms with van der Waals surface area (Å²) in [6.07, 6.45) is 0. The number of rotatable bonds is 3. The van der Waals surface area contributed by atoms with Crippen LogP contribution in [0.25, 0.3) is 93.4 Å². The Labute approximate surface area is 268 Å². The fourth-order valence-corrected chi connectivity index (χ4v) is 7.26. The molecule has 47 heavy (non-hydrogen) atoms. The highest BCUT2D eigenvalue weighted by atomic mass is 16.4. The molecule has 0 amide bonds. The summed E-state index contributed by atoms with van der Waals surface area (Å²) in [4.78, 5) is 13.0. The minimum atomic E-state index is -0.321. The number of aromatic nitrogens is 1. The molecule has 4 nitrogen and oxygen atoms in total. The lowest BCUT2D eigenvalue weighted by atomic mass is 9.99. The number of nitrogens with zero attached hydrogens (tertiary/aromatic N) is 1. The molecule has 0 radical (unpaired) electrons.